The molecule has 0 aliphatic heterocycles. The molecule has 0 amide bonds. The van der Waals surface area contributed by atoms with Crippen molar-refractivity contribution in [3.63, 3.8) is 0 Å². The van der Waals surface area contributed by atoms with E-state index in [0.717, 1.165) is 24.8 Å². The normalized spacial score (nSPS) is 18.2. The van der Waals surface area contributed by atoms with Crippen molar-refractivity contribution in [3.05, 3.63) is 64.7 Å². The van der Waals surface area contributed by atoms with E-state index < -0.39 is 10.0 Å². The summed E-state index contributed by atoms with van der Waals surface area (Å²) < 4.78 is 27.3. The van der Waals surface area contributed by atoms with Gasteiger partial charge in [0, 0.05) is 13.1 Å². The Kier molecular flexibility index (Phi) is 4.26. The molecule has 3 rings (SSSR count). The lowest BCUT2D eigenvalue weighted by molar-refractivity contribution is 0.337. The van der Waals surface area contributed by atoms with Crippen LogP contribution in [0.1, 0.15) is 30.0 Å². The maximum Gasteiger partial charge on any atom is 0.244 e. The third kappa shape index (κ3) is 2.67. The van der Waals surface area contributed by atoms with E-state index in [9.17, 15) is 8.42 Å². The molecule has 2 aromatic carbocycles. The molecule has 0 fully saturated rings. The van der Waals surface area contributed by atoms with E-state index >= 15 is 0 Å². The summed E-state index contributed by atoms with van der Waals surface area (Å²) in [5.74, 6) is 0. The molecule has 0 bridgehead atoms. The smallest absolute Gasteiger partial charge is 0.207 e. The molecule has 0 saturated heterocycles. The van der Waals surface area contributed by atoms with Crippen LogP contribution in [0.25, 0.3) is 0 Å². The fraction of sp³-hybridized carbons (Fsp3) is 0.294. The summed E-state index contributed by atoms with van der Waals surface area (Å²) in [6.07, 6.45) is 2.83. The minimum atomic E-state index is -3.61. The van der Waals surface area contributed by atoms with E-state index in [4.69, 9.17) is 11.6 Å². The molecule has 0 spiro atoms. The largest absolute Gasteiger partial charge is 0.244 e. The molecule has 0 aromatic heterocycles. The number of rotatable bonds is 3. The van der Waals surface area contributed by atoms with Crippen molar-refractivity contribution >= 4 is 21.6 Å². The third-order valence-corrected chi connectivity index (χ3v) is 6.64. The fourth-order valence-corrected chi connectivity index (χ4v) is 4.94. The highest BCUT2D eigenvalue weighted by atomic mass is 35.5. The maximum atomic E-state index is 12.9. The molecule has 1 atom stereocenters. The van der Waals surface area contributed by atoms with E-state index in [1.807, 2.05) is 18.2 Å². The zero-order valence-electron chi connectivity index (χ0n) is 12.4. The van der Waals surface area contributed by atoms with Gasteiger partial charge >= 0.3 is 0 Å². The Morgan fingerprint density at radius 2 is 1.77 bits per heavy atom. The SMILES string of the molecule is CN([C@@H]1CCCc2ccccc21)S(=O)(=O)c1ccccc1Cl. The van der Waals surface area contributed by atoms with Gasteiger partial charge < -0.3 is 0 Å². The number of sulfonamides is 1. The Morgan fingerprint density at radius 1 is 1.09 bits per heavy atom. The number of aryl methyl sites for hydroxylation is 1. The fourth-order valence-electron chi connectivity index (χ4n) is 3.08. The minimum Gasteiger partial charge on any atom is -0.207 e. The van der Waals surface area contributed by atoms with Crippen molar-refractivity contribution in [2.75, 3.05) is 7.05 Å². The first-order valence-electron chi connectivity index (χ1n) is 7.32. The van der Waals surface area contributed by atoms with Crippen molar-refractivity contribution in [2.24, 2.45) is 0 Å². The molecular weight excluding hydrogens is 318 g/mol. The van der Waals surface area contributed by atoms with Crippen molar-refractivity contribution in [3.8, 4) is 0 Å². The van der Waals surface area contributed by atoms with E-state index in [1.54, 1.807) is 31.3 Å². The summed E-state index contributed by atoms with van der Waals surface area (Å²) in [6.45, 7) is 0. The predicted octanol–water partition coefficient (Wildman–Crippen LogP) is 4.04. The van der Waals surface area contributed by atoms with Gasteiger partial charge in [-0.05, 0) is 42.5 Å². The molecule has 2 aromatic rings. The van der Waals surface area contributed by atoms with Crippen LogP contribution in [0, 0.1) is 0 Å². The summed E-state index contributed by atoms with van der Waals surface area (Å²) >= 11 is 6.09. The molecule has 1 aliphatic rings. The molecule has 116 valence electrons. The molecular formula is C17H18ClNO2S. The van der Waals surface area contributed by atoms with Crippen LogP contribution in [-0.4, -0.2) is 19.8 Å². The molecule has 0 heterocycles. The summed E-state index contributed by atoms with van der Waals surface area (Å²) in [4.78, 5) is 0.169. The van der Waals surface area contributed by atoms with Crippen LogP contribution in [0.2, 0.25) is 5.02 Å². The molecule has 3 nitrogen and oxygen atoms in total. The number of hydrogen-bond donors (Lipinski definition) is 0. The monoisotopic (exact) mass is 335 g/mol. The van der Waals surface area contributed by atoms with Crippen LogP contribution < -0.4 is 0 Å². The Labute approximate surface area is 136 Å². The van der Waals surface area contributed by atoms with Crippen LogP contribution in [0.5, 0.6) is 0 Å². The average molecular weight is 336 g/mol. The number of benzene rings is 2. The zero-order chi connectivity index (χ0) is 15.7. The van der Waals surface area contributed by atoms with Crippen LogP contribution in [0.4, 0.5) is 0 Å². The topological polar surface area (TPSA) is 37.4 Å². The second-order valence-electron chi connectivity index (χ2n) is 5.56. The predicted molar refractivity (Wildman–Crippen MR) is 88.5 cm³/mol. The van der Waals surface area contributed by atoms with Crippen LogP contribution in [0.3, 0.4) is 0 Å². The van der Waals surface area contributed by atoms with E-state index in [2.05, 4.69) is 6.07 Å². The second kappa shape index (κ2) is 6.03. The average Bonchev–Trinajstić information content (AvgIpc) is 2.54. The summed E-state index contributed by atoms with van der Waals surface area (Å²) in [6, 6.07) is 14.5. The van der Waals surface area contributed by atoms with Gasteiger partial charge in [-0.25, -0.2) is 8.42 Å². The first-order valence-corrected chi connectivity index (χ1v) is 9.14. The number of hydrogen-bond acceptors (Lipinski definition) is 2. The van der Waals surface area contributed by atoms with Crippen molar-refractivity contribution < 1.29 is 8.42 Å². The van der Waals surface area contributed by atoms with Crippen molar-refractivity contribution in [1.29, 1.82) is 0 Å². The Hall–Kier alpha value is -1.36. The first kappa shape index (κ1) is 15.5. The van der Waals surface area contributed by atoms with Gasteiger partial charge in [0.25, 0.3) is 0 Å². The van der Waals surface area contributed by atoms with Gasteiger partial charge in [0.15, 0.2) is 0 Å². The van der Waals surface area contributed by atoms with E-state index in [1.165, 1.54) is 9.87 Å². The van der Waals surface area contributed by atoms with Crippen molar-refractivity contribution in [1.82, 2.24) is 4.31 Å². The van der Waals surface area contributed by atoms with Gasteiger partial charge in [0.2, 0.25) is 10.0 Å². The quantitative estimate of drug-likeness (QED) is 0.849. The summed E-state index contributed by atoms with van der Waals surface area (Å²) in [5, 5.41) is 0.262. The molecule has 0 saturated carbocycles. The highest BCUT2D eigenvalue weighted by Gasteiger charge is 2.32. The number of nitrogens with zero attached hydrogens (tertiary/aromatic N) is 1. The Bertz CT molecular complexity index is 789. The van der Waals surface area contributed by atoms with Gasteiger partial charge in [0.1, 0.15) is 4.90 Å². The molecule has 22 heavy (non-hydrogen) atoms. The lowest BCUT2D eigenvalue weighted by Gasteiger charge is -2.32. The van der Waals surface area contributed by atoms with Gasteiger partial charge in [-0.1, -0.05) is 48.0 Å². The standard InChI is InChI=1S/C17H18ClNO2S/c1-19(22(20,21)17-12-5-4-10-15(17)18)16-11-6-8-13-7-2-3-9-14(13)16/h2-5,7,9-10,12,16H,6,8,11H2,1H3/t16-/m1/s1. The summed E-state index contributed by atoms with van der Waals surface area (Å²) in [7, 11) is -1.97. The minimum absolute atomic E-state index is 0.133. The molecule has 5 heteroatoms. The third-order valence-electron chi connectivity index (χ3n) is 4.27. The van der Waals surface area contributed by atoms with E-state index in [-0.39, 0.29) is 16.0 Å². The number of halogens is 1. The Balaban J connectivity index is 2.02. The van der Waals surface area contributed by atoms with Gasteiger partial charge in [0.05, 0.1) is 5.02 Å². The molecule has 0 radical (unpaired) electrons. The van der Waals surface area contributed by atoms with Gasteiger partial charge in [-0.15, -0.1) is 0 Å². The second-order valence-corrected chi connectivity index (χ2v) is 7.93. The highest BCUT2D eigenvalue weighted by Crippen LogP contribution is 2.37. The van der Waals surface area contributed by atoms with Crippen LogP contribution >= 0.6 is 11.6 Å². The van der Waals surface area contributed by atoms with Crippen molar-refractivity contribution in [2.45, 2.75) is 30.2 Å². The van der Waals surface area contributed by atoms with E-state index in [0.29, 0.717) is 0 Å². The van der Waals surface area contributed by atoms with Gasteiger partial charge in [-0.3, -0.25) is 0 Å². The number of fused-ring (bicyclic) bond motifs is 1. The Morgan fingerprint density at radius 3 is 2.55 bits per heavy atom. The summed E-state index contributed by atoms with van der Waals surface area (Å²) in [5.41, 5.74) is 2.34. The van der Waals surface area contributed by atoms with Crippen LogP contribution in [-0.2, 0) is 16.4 Å². The lowest BCUT2D eigenvalue weighted by Crippen LogP contribution is -2.33. The lowest BCUT2D eigenvalue weighted by atomic mass is 9.88. The van der Waals surface area contributed by atoms with Crippen LogP contribution in [0.15, 0.2) is 53.4 Å². The first-order chi connectivity index (χ1) is 10.5. The molecule has 0 N–H and O–H groups in total. The molecule has 0 unspecified atom stereocenters. The van der Waals surface area contributed by atoms with Gasteiger partial charge in [-0.2, -0.15) is 4.31 Å². The maximum absolute atomic E-state index is 12.9. The highest BCUT2D eigenvalue weighted by molar-refractivity contribution is 7.89. The zero-order valence-corrected chi connectivity index (χ0v) is 13.9. The molecule has 1 aliphatic carbocycles.